The van der Waals surface area contributed by atoms with Crippen molar-refractivity contribution in [3.05, 3.63) is 83.4 Å². The molecule has 0 saturated carbocycles. The van der Waals surface area contributed by atoms with Crippen molar-refractivity contribution in [2.24, 2.45) is 0 Å². The Bertz CT molecular complexity index is 1140. The fraction of sp³-hybridized carbons (Fsp3) is 0.231. The van der Waals surface area contributed by atoms with E-state index in [1.54, 1.807) is 63.8 Å². The summed E-state index contributed by atoms with van der Waals surface area (Å²) in [5.41, 5.74) is 1.27. The zero-order chi connectivity index (χ0) is 24.5. The Morgan fingerprint density at radius 2 is 1.71 bits per heavy atom. The number of benzene rings is 2. The topological polar surface area (TPSA) is 99.0 Å². The SMILES string of the molecule is CC[C@@H](NC(=O)/C(=C/c1ccco1)NC(=O)c1ccc(OC)cc1)c1ccc(OC)c(OC)c1. The highest BCUT2D eigenvalue weighted by Crippen LogP contribution is 2.31. The largest absolute Gasteiger partial charge is 0.497 e. The molecule has 0 aliphatic rings. The molecule has 0 spiro atoms. The van der Waals surface area contributed by atoms with E-state index in [9.17, 15) is 9.59 Å². The van der Waals surface area contributed by atoms with Crippen molar-refractivity contribution in [3.63, 3.8) is 0 Å². The number of methoxy groups -OCH3 is 3. The van der Waals surface area contributed by atoms with E-state index in [0.29, 0.717) is 35.0 Å². The summed E-state index contributed by atoms with van der Waals surface area (Å²) in [6.07, 6.45) is 3.59. The number of carbonyl (C=O) groups is 2. The molecule has 0 bridgehead atoms. The molecule has 0 saturated heterocycles. The highest BCUT2D eigenvalue weighted by molar-refractivity contribution is 6.05. The molecule has 2 N–H and O–H groups in total. The van der Waals surface area contributed by atoms with E-state index in [1.807, 2.05) is 19.1 Å². The second kappa shape index (κ2) is 11.6. The first-order valence-corrected chi connectivity index (χ1v) is 10.7. The molecule has 34 heavy (non-hydrogen) atoms. The van der Waals surface area contributed by atoms with Crippen LogP contribution in [0, 0.1) is 0 Å². The van der Waals surface area contributed by atoms with Gasteiger partial charge in [-0.25, -0.2) is 0 Å². The average Bonchev–Trinajstić information content (AvgIpc) is 3.39. The van der Waals surface area contributed by atoms with Gasteiger partial charge >= 0.3 is 0 Å². The van der Waals surface area contributed by atoms with Gasteiger partial charge in [0.1, 0.15) is 17.2 Å². The number of furan rings is 1. The highest BCUT2D eigenvalue weighted by Gasteiger charge is 2.20. The standard InChI is InChI=1S/C26H28N2O6/c1-5-21(18-10-13-23(32-3)24(15-18)33-4)27-26(30)22(16-20-7-6-14-34-20)28-25(29)17-8-11-19(31-2)12-9-17/h6-16,21H,5H2,1-4H3,(H,27,30)(H,28,29)/b22-16-/t21-/m1/s1. The molecule has 178 valence electrons. The Kier molecular flexibility index (Phi) is 8.34. The van der Waals surface area contributed by atoms with Gasteiger partial charge < -0.3 is 29.3 Å². The maximum absolute atomic E-state index is 13.2. The zero-order valence-electron chi connectivity index (χ0n) is 19.6. The van der Waals surface area contributed by atoms with E-state index in [1.165, 1.54) is 12.3 Å². The second-order valence-electron chi connectivity index (χ2n) is 7.30. The van der Waals surface area contributed by atoms with Gasteiger partial charge in [-0.05, 0) is 60.5 Å². The summed E-state index contributed by atoms with van der Waals surface area (Å²) in [4.78, 5) is 26.1. The van der Waals surface area contributed by atoms with Crippen molar-refractivity contribution in [3.8, 4) is 17.2 Å². The van der Waals surface area contributed by atoms with Gasteiger partial charge in [0.2, 0.25) is 0 Å². The average molecular weight is 465 g/mol. The lowest BCUT2D eigenvalue weighted by Crippen LogP contribution is -2.36. The fourth-order valence-electron chi connectivity index (χ4n) is 3.34. The van der Waals surface area contributed by atoms with Crippen LogP contribution in [-0.4, -0.2) is 33.1 Å². The van der Waals surface area contributed by atoms with Gasteiger partial charge in [-0.2, -0.15) is 0 Å². The summed E-state index contributed by atoms with van der Waals surface area (Å²) in [5.74, 6) is 1.32. The molecule has 8 heteroatoms. The number of rotatable bonds is 10. The zero-order valence-corrected chi connectivity index (χ0v) is 19.6. The molecule has 0 unspecified atom stereocenters. The van der Waals surface area contributed by atoms with Crippen LogP contribution in [0.25, 0.3) is 6.08 Å². The van der Waals surface area contributed by atoms with Gasteiger partial charge in [0.15, 0.2) is 11.5 Å². The van der Waals surface area contributed by atoms with Gasteiger partial charge in [-0.15, -0.1) is 0 Å². The third-order valence-electron chi connectivity index (χ3n) is 5.20. The van der Waals surface area contributed by atoms with E-state index in [2.05, 4.69) is 10.6 Å². The smallest absolute Gasteiger partial charge is 0.268 e. The third-order valence-corrected chi connectivity index (χ3v) is 5.20. The summed E-state index contributed by atoms with van der Waals surface area (Å²) < 4.78 is 21.2. The van der Waals surface area contributed by atoms with Crippen LogP contribution in [-0.2, 0) is 4.79 Å². The summed E-state index contributed by atoms with van der Waals surface area (Å²) in [5, 5.41) is 5.67. The van der Waals surface area contributed by atoms with Crippen LogP contribution < -0.4 is 24.8 Å². The van der Waals surface area contributed by atoms with Crippen LogP contribution in [0.2, 0.25) is 0 Å². The van der Waals surface area contributed by atoms with Crippen LogP contribution >= 0.6 is 0 Å². The van der Waals surface area contributed by atoms with E-state index in [4.69, 9.17) is 18.6 Å². The molecular weight excluding hydrogens is 436 g/mol. The van der Waals surface area contributed by atoms with Crippen molar-refractivity contribution >= 4 is 17.9 Å². The Balaban J connectivity index is 1.84. The van der Waals surface area contributed by atoms with Gasteiger partial charge in [0.05, 0.1) is 33.6 Å². The molecule has 2 aromatic carbocycles. The van der Waals surface area contributed by atoms with Crippen LogP contribution in [0.5, 0.6) is 17.2 Å². The molecule has 2 amide bonds. The number of hydrogen-bond acceptors (Lipinski definition) is 6. The minimum absolute atomic E-state index is 0.0506. The molecule has 0 aliphatic heterocycles. The molecule has 1 heterocycles. The molecular formula is C26H28N2O6. The third kappa shape index (κ3) is 5.98. The predicted molar refractivity (Wildman–Crippen MR) is 128 cm³/mol. The molecule has 1 atom stereocenters. The minimum Gasteiger partial charge on any atom is -0.497 e. The molecule has 1 aromatic heterocycles. The number of amides is 2. The molecule has 3 aromatic rings. The fourth-order valence-corrected chi connectivity index (χ4v) is 3.34. The minimum atomic E-state index is -0.458. The van der Waals surface area contributed by atoms with E-state index < -0.39 is 11.8 Å². The lowest BCUT2D eigenvalue weighted by molar-refractivity contribution is -0.118. The summed E-state index contributed by atoms with van der Waals surface area (Å²) in [6, 6.07) is 15.1. The van der Waals surface area contributed by atoms with Crippen LogP contribution in [0.15, 0.2) is 71.0 Å². The monoisotopic (exact) mass is 464 g/mol. The van der Waals surface area contributed by atoms with Gasteiger partial charge in [-0.3, -0.25) is 9.59 Å². The first kappa shape index (κ1) is 24.4. The number of ether oxygens (including phenoxy) is 3. The van der Waals surface area contributed by atoms with E-state index in [0.717, 1.165) is 5.56 Å². The molecule has 3 rings (SSSR count). The quantitative estimate of drug-likeness (QED) is 0.433. The van der Waals surface area contributed by atoms with Gasteiger partial charge in [-0.1, -0.05) is 13.0 Å². The lowest BCUT2D eigenvalue weighted by atomic mass is 10.0. The van der Waals surface area contributed by atoms with Crippen molar-refractivity contribution < 1.29 is 28.2 Å². The maximum atomic E-state index is 13.2. The summed E-state index contributed by atoms with van der Waals surface area (Å²) >= 11 is 0. The van der Waals surface area contributed by atoms with Gasteiger partial charge in [0, 0.05) is 11.6 Å². The molecule has 0 fully saturated rings. The van der Waals surface area contributed by atoms with E-state index in [-0.39, 0.29) is 11.7 Å². The molecule has 8 nitrogen and oxygen atoms in total. The summed E-state index contributed by atoms with van der Waals surface area (Å²) in [7, 11) is 4.67. The summed E-state index contributed by atoms with van der Waals surface area (Å²) in [6.45, 7) is 1.95. The lowest BCUT2D eigenvalue weighted by Gasteiger charge is -2.20. The Morgan fingerprint density at radius 3 is 2.29 bits per heavy atom. The maximum Gasteiger partial charge on any atom is 0.268 e. The van der Waals surface area contributed by atoms with Crippen molar-refractivity contribution in [1.29, 1.82) is 0 Å². The second-order valence-corrected chi connectivity index (χ2v) is 7.30. The number of hydrogen-bond donors (Lipinski definition) is 2. The molecule has 0 radical (unpaired) electrons. The van der Waals surface area contributed by atoms with E-state index >= 15 is 0 Å². The Morgan fingerprint density at radius 1 is 0.971 bits per heavy atom. The normalized spacial score (nSPS) is 11.9. The first-order valence-electron chi connectivity index (χ1n) is 10.7. The molecule has 0 aliphatic carbocycles. The van der Waals surface area contributed by atoms with Crippen LogP contribution in [0.1, 0.15) is 41.1 Å². The van der Waals surface area contributed by atoms with Crippen LogP contribution in [0.3, 0.4) is 0 Å². The Hall–Kier alpha value is -4.20. The first-order chi connectivity index (χ1) is 16.5. The van der Waals surface area contributed by atoms with Crippen LogP contribution in [0.4, 0.5) is 0 Å². The number of carbonyl (C=O) groups excluding carboxylic acids is 2. The van der Waals surface area contributed by atoms with Crippen molar-refractivity contribution in [2.75, 3.05) is 21.3 Å². The van der Waals surface area contributed by atoms with Crippen molar-refractivity contribution in [1.82, 2.24) is 10.6 Å². The van der Waals surface area contributed by atoms with Gasteiger partial charge in [0.25, 0.3) is 11.8 Å². The Labute approximate surface area is 198 Å². The van der Waals surface area contributed by atoms with Crippen molar-refractivity contribution in [2.45, 2.75) is 19.4 Å². The number of nitrogens with one attached hydrogen (secondary N) is 2. The highest BCUT2D eigenvalue weighted by atomic mass is 16.5. The predicted octanol–water partition coefficient (Wildman–Crippen LogP) is 4.34.